The number of benzene rings is 3. The van der Waals surface area contributed by atoms with Crippen LogP contribution >= 0.6 is 11.3 Å². The molecule has 0 saturated carbocycles. The van der Waals surface area contributed by atoms with E-state index in [-0.39, 0.29) is 5.56 Å². The Morgan fingerprint density at radius 2 is 1.75 bits per heavy atom. The van der Waals surface area contributed by atoms with Gasteiger partial charge in [-0.25, -0.2) is 4.79 Å². The van der Waals surface area contributed by atoms with Crippen LogP contribution in [0.3, 0.4) is 0 Å². The van der Waals surface area contributed by atoms with Crippen LogP contribution in [0.4, 0.5) is 0 Å². The van der Waals surface area contributed by atoms with Gasteiger partial charge >= 0.3 is 5.63 Å². The molecule has 1 amide bonds. The monoisotopic (exact) mass is 386 g/mol. The molecule has 0 aliphatic rings. The van der Waals surface area contributed by atoms with E-state index < -0.39 is 11.5 Å². The van der Waals surface area contributed by atoms with Crippen LogP contribution in [0.25, 0.3) is 32.0 Å². The van der Waals surface area contributed by atoms with Gasteiger partial charge in [-0.2, -0.15) is 4.99 Å². The van der Waals surface area contributed by atoms with Crippen LogP contribution in [0.15, 0.2) is 80.9 Å². The standard InChI is InChI=1S/C22H14N2O3S/c1-24-17-11-10-13-6-2-4-8-15(13)19(17)28-22(24)23-20(25)16-12-14-7-3-5-9-18(14)27-21(16)26/h2-12H,1H3. The minimum absolute atomic E-state index is 0.0685. The highest BCUT2D eigenvalue weighted by molar-refractivity contribution is 7.17. The van der Waals surface area contributed by atoms with Crippen molar-refractivity contribution in [3.8, 4) is 0 Å². The summed E-state index contributed by atoms with van der Waals surface area (Å²) in [5, 5.41) is 2.93. The number of hydrogen-bond acceptors (Lipinski definition) is 4. The Morgan fingerprint density at radius 1 is 1.00 bits per heavy atom. The molecule has 0 saturated heterocycles. The lowest BCUT2D eigenvalue weighted by Crippen LogP contribution is -2.17. The number of carbonyl (C=O) groups is 1. The van der Waals surface area contributed by atoms with Crippen molar-refractivity contribution in [2.45, 2.75) is 0 Å². The van der Waals surface area contributed by atoms with Gasteiger partial charge in [-0.1, -0.05) is 59.9 Å². The van der Waals surface area contributed by atoms with Crippen LogP contribution in [0.2, 0.25) is 0 Å². The van der Waals surface area contributed by atoms with Crippen LogP contribution < -0.4 is 10.4 Å². The molecule has 136 valence electrons. The Balaban J connectivity index is 1.71. The number of nitrogens with zero attached hydrogens (tertiary/aromatic N) is 2. The third kappa shape index (κ3) is 2.58. The topological polar surface area (TPSA) is 64.6 Å². The summed E-state index contributed by atoms with van der Waals surface area (Å²) in [6, 6.07) is 20.8. The van der Waals surface area contributed by atoms with Gasteiger partial charge in [0.2, 0.25) is 0 Å². The second-order valence-corrected chi connectivity index (χ2v) is 7.46. The largest absolute Gasteiger partial charge is 0.422 e. The summed E-state index contributed by atoms with van der Waals surface area (Å²) in [4.78, 5) is 29.7. The average molecular weight is 386 g/mol. The summed E-state index contributed by atoms with van der Waals surface area (Å²) in [6.07, 6.45) is 0. The number of hydrogen-bond donors (Lipinski definition) is 0. The minimum Gasteiger partial charge on any atom is -0.422 e. The lowest BCUT2D eigenvalue weighted by molar-refractivity contribution is 0.0994. The zero-order valence-electron chi connectivity index (χ0n) is 14.9. The van der Waals surface area contributed by atoms with Crippen molar-refractivity contribution in [1.29, 1.82) is 0 Å². The summed E-state index contributed by atoms with van der Waals surface area (Å²) < 4.78 is 8.18. The van der Waals surface area contributed by atoms with Crippen LogP contribution in [-0.4, -0.2) is 10.5 Å². The summed E-state index contributed by atoms with van der Waals surface area (Å²) in [6.45, 7) is 0. The number of thiazole rings is 1. The van der Waals surface area contributed by atoms with Gasteiger partial charge in [0, 0.05) is 17.8 Å². The number of fused-ring (bicyclic) bond motifs is 4. The second kappa shape index (κ2) is 6.28. The first-order chi connectivity index (χ1) is 13.6. The molecular weight excluding hydrogens is 372 g/mol. The van der Waals surface area contributed by atoms with E-state index in [9.17, 15) is 9.59 Å². The molecule has 5 aromatic rings. The molecule has 0 fully saturated rings. The van der Waals surface area contributed by atoms with E-state index in [0.717, 1.165) is 21.0 Å². The third-order valence-electron chi connectivity index (χ3n) is 4.77. The zero-order valence-corrected chi connectivity index (χ0v) is 15.7. The fourth-order valence-corrected chi connectivity index (χ4v) is 4.47. The molecular formula is C22H14N2O3S. The molecule has 0 bridgehead atoms. The average Bonchev–Trinajstić information content (AvgIpc) is 3.03. The van der Waals surface area contributed by atoms with Gasteiger partial charge in [-0.05, 0) is 23.6 Å². The Hall–Kier alpha value is -3.51. The molecule has 0 unspecified atom stereocenters. The van der Waals surface area contributed by atoms with Crippen molar-refractivity contribution >= 4 is 49.2 Å². The first kappa shape index (κ1) is 16.6. The molecule has 28 heavy (non-hydrogen) atoms. The molecule has 2 heterocycles. The molecule has 5 rings (SSSR count). The van der Waals surface area contributed by atoms with Crippen molar-refractivity contribution in [3.05, 3.63) is 87.5 Å². The Bertz CT molecular complexity index is 1520. The summed E-state index contributed by atoms with van der Waals surface area (Å²) in [7, 11) is 1.86. The van der Waals surface area contributed by atoms with E-state index >= 15 is 0 Å². The highest BCUT2D eigenvalue weighted by Crippen LogP contribution is 2.27. The lowest BCUT2D eigenvalue weighted by atomic mass is 10.1. The first-order valence-electron chi connectivity index (χ1n) is 8.71. The van der Waals surface area contributed by atoms with Crippen LogP contribution in [-0.2, 0) is 7.05 Å². The van der Waals surface area contributed by atoms with Gasteiger partial charge < -0.3 is 8.98 Å². The van der Waals surface area contributed by atoms with Crippen LogP contribution in [0.5, 0.6) is 0 Å². The quantitative estimate of drug-likeness (QED) is 0.405. The van der Waals surface area contributed by atoms with Gasteiger partial charge in [-0.3, -0.25) is 4.79 Å². The van der Waals surface area contributed by atoms with E-state index in [0.29, 0.717) is 15.8 Å². The molecule has 0 atom stereocenters. The van der Waals surface area contributed by atoms with E-state index in [1.54, 1.807) is 18.2 Å². The van der Waals surface area contributed by atoms with Crippen molar-refractivity contribution in [3.63, 3.8) is 0 Å². The fourth-order valence-electron chi connectivity index (χ4n) is 3.32. The van der Waals surface area contributed by atoms with Crippen molar-refractivity contribution < 1.29 is 9.21 Å². The predicted molar refractivity (Wildman–Crippen MR) is 111 cm³/mol. The highest BCUT2D eigenvalue weighted by atomic mass is 32.1. The smallest absolute Gasteiger partial charge is 0.349 e. The lowest BCUT2D eigenvalue weighted by Gasteiger charge is -2.00. The van der Waals surface area contributed by atoms with E-state index in [4.69, 9.17) is 4.42 Å². The SMILES string of the molecule is Cn1c(=NC(=O)c2cc3ccccc3oc2=O)sc2c3ccccc3ccc21. The number of aryl methyl sites for hydroxylation is 1. The number of amides is 1. The van der Waals surface area contributed by atoms with Crippen molar-refractivity contribution in [2.75, 3.05) is 0 Å². The molecule has 0 spiro atoms. The molecule has 5 nitrogen and oxygen atoms in total. The van der Waals surface area contributed by atoms with Crippen molar-refractivity contribution in [2.24, 2.45) is 12.0 Å². The molecule has 0 radical (unpaired) electrons. The summed E-state index contributed by atoms with van der Waals surface area (Å²) in [5.41, 5.74) is 0.686. The van der Waals surface area contributed by atoms with E-state index in [1.807, 2.05) is 41.9 Å². The predicted octanol–water partition coefficient (Wildman–Crippen LogP) is 4.24. The van der Waals surface area contributed by atoms with E-state index in [2.05, 4.69) is 17.1 Å². The fraction of sp³-hybridized carbons (Fsp3) is 0.0455. The Morgan fingerprint density at radius 3 is 2.61 bits per heavy atom. The van der Waals surface area contributed by atoms with Crippen LogP contribution in [0, 0.1) is 0 Å². The molecule has 0 aliphatic carbocycles. The maximum absolute atomic E-state index is 12.7. The Kier molecular flexibility index (Phi) is 3.74. The number of aromatic nitrogens is 1. The normalized spacial score (nSPS) is 12.2. The second-order valence-electron chi connectivity index (χ2n) is 6.48. The summed E-state index contributed by atoms with van der Waals surface area (Å²) >= 11 is 1.43. The van der Waals surface area contributed by atoms with Gasteiger partial charge in [-0.15, -0.1) is 0 Å². The van der Waals surface area contributed by atoms with Crippen LogP contribution in [0.1, 0.15) is 10.4 Å². The Labute approximate surface area is 162 Å². The van der Waals surface area contributed by atoms with Gasteiger partial charge in [0.25, 0.3) is 5.91 Å². The van der Waals surface area contributed by atoms with Crippen molar-refractivity contribution in [1.82, 2.24) is 4.57 Å². The first-order valence-corrected chi connectivity index (χ1v) is 9.53. The minimum atomic E-state index is -0.679. The van der Waals surface area contributed by atoms with Gasteiger partial charge in [0.05, 0.1) is 10.2 Å². The maximum Gasteiger partial charge on any atom is 0.349 e. The van der Waals surface area contributed by atoms with Gasteiger partial charge in [0.15, 0.2) is 4.80 Å². The maximum atomic E-state index is 12.7. The third-order valence-corrected chi connectivity index (χ3v) is 5.95. The zero-order chi connectivity index (χ0) is 19.3. The number of rotatable bonds is 1. The molecule has 0 N–H and O–H groups in total. The molecule has 3 aromatic carbocycles. The molecule has 0 aliphatic heterocycles. The molecule has 2 aromatic heterocycles. The summed E-state index contributed by atoms with van der Waals surface area (Å²) in [5.74, 6) is -0.606. The van der Waals surface area contributed by atoms with E-state index in [1.165, 1.54) is 17.4 Å². The number of para-hydroxylation sites is 1. The highest BCUT2D eigenvalue weighted by Gasteiger charge is 2.14. The van der Waals surface area contributed by atoms with Gasteiger partial charge in [0.1, 0.15) is 11.1 Å². The number of carbonyl (C=O) groups excluding carboxylic acids is 1. The molecule has 6 heteroatoms.